The van der Waals surface area contributed by atoms with E-state index >= 15 is 0 Å². The molecule has 0 radical (unpaired) electrons. The first-order valence-electron chi connectivity index (χ1n) is 9.40. The highest BCUT2D eigenvalue weighted by atomic mass is 16.5. The van der Waals surface area contributed by atoms with Gasteiger partial charge in [-0.15, -0.1) is 0 Å². The van der Waals surface area contributed by atoms with Crippen LogP contribution in [-0.4, -0.2) is 66.8 Å². The van der Waals surface area contributed by atoms with Crippen molar-refractivity contribution >= 4 is 5.91 Å². The first kappa shape index (κ1) is 18.4. The topological polar surface area (TPSA) is 53.0 Å². The zero-order valence-corrected chi connectivity index (χ0v) is 15.2. The standard InChI is InChI=1S/C20H30N2O3/c1-20(24,18-7-3-2-4-8-18)14-19(23)22-9-5-6-17(16-22)15-21-10-12-25-13-11-21/h2-4,7-8,17,24H,5-6,9-16H2,1H3. The fourth-order valence-electron chi connectivity index (χ4n) is 3.90. The summed E-state index contributed by atoms with van der Waals surface area (Å²) in [6.07, 6.45) is 2.37. The van der Waals surface area contributed by atoms with Gasteiger partial charge in [0.25, 0.3) is 0 Å². The van der Waals surface area contributed by atoms with E-state index in [0.29, 0.717) is 5.92 Å². The normalized spacial score (nSPS) is 24.7. The van der Waals surface area contributed by atoms with E-state index in [9.17, 15) is 9.90 Å². The van der Waals surface area contributed by atoms with Crippen LogP contribution in [0.2, 0.25) is 0 Å². The summed E-state index contributed by atoms with van der Waals surface area (Å²) < 4.78 is 5.41. The van der Waals surface area contributed by atoms with Crippen LogP contribution in [0.1, 0.15) is 31.7 Å². The van der Waals surface area contributed by atoms with Crippen molar-refractivity contribution in [1.82, 2.24) is 9.80 Å². The number of morpholine rings is 1. The van der Waals surface area contributed by atoms with Gasteiger partial charge in [-0.25, -0.2) is 0 Å². The lowest BCUT2D eigenvalue weighted by Gasteiger charge is -2.37. The largest absolute Gasteiger partial charge is 0.385 e. The minimum Gasteiger partial charge on any atom is -0.385 e. The Kier molecular flexibility index (Phi) is 6.10. The minimum atomic E-state index is -1.12. The Morgan fingerprint density at radius 1 is 1.24 bits per heavy atom. The van der Waals surface area contributed by atoms with Crippen LogP contribution in [0.4, 0.5) is 0 Å². The van der Waals surface area contributed by atoms with E-state index in [4.69, 9.17) is 4.74 Å². The molecule has 0 aliphatic carbocycles. The predicted molar refractivity (Wildman–Crippen MR) is 97.2 cm³/mol. The third-order valence-corrected chi connectivity index (χ3v) is 5.38. The smallest absolute Gasteiger partial charge is 0.225 e. The Hall–Kier alpha value is -1.43. The Morgan fingerprint density at radius 3 is 2.68 bits per heavy atom. The first-order chi connectivity index (χ1) is 12.0. The third kappa shape index (κ3) is 5.03. The number of piperidine rings is 1. The molecule has 1 aromatic rings. The molecule has 2 unspecified atom stereocenters. The maximum atomic E-state index is 12.8. The molecule has 25 heavy (non-hydrogen) atoms. The zero-order valence-electron chi connectivity index (χ0n) is 15.2. The summed E-state index contributed by atoms with van der Waals surface area (Å²) in [6, 6.07) is 9.47. The molecule has 5 nitrogen and oxygen atoms in total. The van der Waals surface area contributed by atoms with Gasteiger partial charge in [-0.2, -0.15) is 0 Å². The molecule has 1 N–H and O–H groups in total. The molecular formula is C20H30N2O3. The first-order valence-corrected chi connectivity index (χ1v) is 9.40. The number of carbonyl (C=O) groups excluding carboxylic acids is 1. The molecule has 0 bridgehead atoms. The number of carbonyl (C=O) groups is 1. The van der Waals surface area contributed by atoms with Crippen LogP contribution in [0, 0.1) is 5.92 Å². The summed E-state index contributed by atoms with van der Waals surface area (Å²) in [5.41, 5.74) is -0.319. The lowest BCUT2D eigenvalue weighted by Crippen LogP contribution is -2.47. The van der Waals surface area contributed by atoms with Gasteiger partial charge >= 0.3 is 0 Å². The lowest BCUT2D eigenvalue weighted by atomic mass is 9.91. The van der Waals surface area contributed by atoms with Crippen LogP contribution in [0.3, 0.4) is 0 Å². The van der Waals surface area contributed by atoms with Crippen molar-refractivity contribution in [2.75, 3.05) is 45.9 Å². The van der Waals surface area contributed by atoms with E-state index in [0.717, 1.165) is 57.9 Å². The number of hydrogen-bond donors (Lipinski definition) is 1. The van der Waals surface area contributed by atoms with Gasteiger partial charge in [-0.05, 0) is 31.2 Å². The molecule has 0 aromatic heterocycles. The van der Waals surface area contributed by atoms with Gasteiger partial charge in [0.2, 0.25) is 5.91 Å². The molecule has 1 amide bonds. The second-order valence-electron chi connectivity index (χ2n) is 7.58. The zero-order chi connectivity index (χ0) is 17.7. The summed E-state index contributed by atoms with van der Waals surface area (Å²) in [6.45, 7) is 8.01. The molecule has 2 aliphatic rings. The van der Waals surface area contributed by atoms with Crippen LogP contribution in [0.25, 0.3) is 0 Å². The average molecular weight is 346 g/mol. The van der Waals surface area contributed by atoms with Crippen molar-refractivity contribution in [3.05, 3.63) is 35.9 Å². The van der Waals surface area contributed by atoms with E-state index in [2.05, 4.69) is 4.90 Å². The number of hydrogen-bond acceptors (Lipinski definition) is 4. The Labute approximate surface area is 150 Å². The maximum Gasteiger partial charge on any atom is 0.225 e. The SMILES string of the molecule is CC(O)(CC(=O)N1CCCC(CN2CCOCC2)C1)c1ccccc1. The minimum absolute atomic E-state index is 0.0560. The van der Waals surface area contributed by atoms with Gasteiger partial charge in [0.05, 0.1) is 25.2 Å². The molecule has 3 rings (SSSR count). The van der Waals surface area contributed by atoms with Gasteiger partial charge in [-0.1, -0.05) is 30.3 Å². The van der Waals surface area contributed by atoms with Gasteiger partial charge in [0, 0.05) is 32.7 Å². The van der Waals surface area contributed by atoms with E-state index in [1.807, 2.05) is 35.2 Å². The number of nitrogens with zero attached hydrogens (tertiary/aromatic N) is 2. The second-order valence-corrected chi connectivity index (χ2v) is 7.58. The van der Waals surface area contributed by atoms with E-state index in [-0.39, 0.29) is 12.3 Å². The summed E-state index contributed by atoms with van der Waals surface area (Å²) >= 11 is 0. The quantitative estimate of drug-likeness (QED) is 0.884. The molecular weight excluding hydrogens is 316 g/mol. The molecule has 5 heteroatoms. The van der Waals surface area contributed by atoms with Gasteiger partial charge in [0.15, 0.2) is 0 Å². The summed E-state index contributed by atoms with van der Waals surface area (Å²) in [5.74, 6) is 0.581. The molecule has 2 aliphatic heterocycles. The van der Waals surface area contributed by atoms with Gasteiger partial charge in [0.1, 0.15) is 0 Å². The highest BCUT2D eigenvalue weighted by Crippen LogP contribution is 2.27. The molecule has 1 aromatic carbocycles. The number of aliphatic hydroxyl groups is 1. The monoisotopic (exact) mass is 346 g/mol. The Bertz CT molecular complexity index is 555. The molecule has 2 fully saturated rings. The molecule has 2 heterocycles. The summed E-state index contributed by atoms with van der Waals surface area (Å²) in [7, 11) is 0. The van der Waals surface area contributed by atoms with E-state index < -0.39 is 5.60 Å². The van der Waals surface area contributed by atoms with Crippen molar-refractivity contribution in [3.8, 4) is 0 Å². The van der Waals surface area contributed by atoms with Crippen LogP contribution < -0.4 is 0 Å². The van der Waals surface area contributed by atoms with E-state index in [1.54, 1.807) is 6.92 Å². The van der Waals surface area contributed by atoms with Crippen molar-refractivity contribution in [1.29, 1.82) is 0 Å². The number of rotatable bonds is 5. The summed E-state index contributed by atoms with van der Waals surface area (Å²) in [5, 5.41) is 10.7. The fraction of sp³-hybridized carbons (Fsp3) is 0.650. The predicted octanol–water partition coefficient (Wildman–Crippen LogP) is 1.85. The van der Waals surface area contributed by atoms with Crippen LogP contribution in [0.15, 0.2) is 30.3 Å². The maximum absolute atomic E-state index is 12.8. The Balaban J connectivity index is 1.54. The van der Waals surface area contributed by atoms with Crippen molar-refractivity contribution in [2.45, 2.75) is 31.8 Å². The molecule has 138 valence electrons. The van der Waals surface area contributed by atoms with Crippen LogP contribution in [0.5, 0.6) is 0 Å². The number of likely N-dealkylation sites (tertiary alicyclic amines) is 1. The molecule has 2 saturated heterocycles. The van der Waals surface area contributed by atoms with Crippen molar-refractivity contribution < 1.29 is 14.6 Å². The van der Waals surface area contributed by atoms with Crippen LogP contribution >= 0.6 is 0 Å². The van der Waals surface area contributed by atoms with Crippen LogP contribution in [-0.2, 0) is 15.1 Å². The molecule has 0 spiro atoms. The van der Waals surface area contributed by atoms with Crippen molar-refractivity contribution in [3.63, 3.8) is 0 Å². The van der Waals surface area contributed by atoms with Gasteiger partial charge < -0.3 is 14.7 Å². The molecule has 0 saturated carbocycles. The van der Waals surface area contributed by atoms with Gasteiger partial charge in [-0.3, -0.25) is 9.69 Å². The number of ether oxygens (including phenoxy) is 1. The third-order valence-electron chi connectivity index (χ3n) is 5.38. The highest BCUT2D eigenvalue weighted by molar-refractivity contribution is 5.77. The lowest BCUT2D eigenvalue weighted by molar-refractivity contribution is -0.138. The Morgan fingerprint density at radius 2 is 1.96 bits per heavy atom. The average Bonchev–Trinajstić information content (AvgIpc) is 2.63. The number of benzene rings is 1. The summed E-state index contributed by atoms with van der Waals surface area (Å²) in [4.78, 5) is 17.2. The second kappa shape index (κ2) is 8.30. The molecule has 2 atom stereocenters. The van der Waals surface area contributed by atoms with Crippen molar-refractivity contribution in [2.24, 2.45) is 5.92 Å². The highest BCUT2D eigenvalue weighted by Gasteiger charge is 2.31. The number of amides is 1. The van der Waals surface area contributed by atoms with E-state index in [1.165, 1.54) is 6.42 Å². The fourth-order valence-corrected chi connectivity index (χ4v) is 3.90.